The Hall–Kier alpha value is -2.36. The van der Waals surface area contributed by atoms with Crippen molar-refractivity contribution in [3.63, 3.8) is 0 Å². The number of aryl methyl sites for hydroxylation is 1. The molecule has 3 N–H and O–H groups in total. The molecule has 0 aliphatic heterocycles. The molecule has 4 nitrogen and oxygen atoms in total. The third-order valence-electron chi connectivity index (χ3n) is 3.18. The number of benzene rings is 1. The number of aromatic nitrogens is 1. The predicted octanol–water partition coefficient (Wildman–Crippen LogP) is 3.76. The molecule has 0 bridgehead atoms. The highest BCUT2D eigenvalue weighted by Crippen LogP contribution is 2.26. The summed E-state index contributed by atoms with van der Waals surface area (Å²) in [6.45, 7) is 8.36. The van der Waals surface area contributed by atoms with Crippen LogP contribution in [0.3, 0.4) is 0 Å². The van der Waals surface area contributed by atoms with Gasteiger partial charge in [0.15, 0.2) is 0 Å². The van der Waals surface area contributed by atoms with Crippen LogP contribution in [0.15, 0.2) is 36.4 Å². The lowest BCUT2D eigenvalue weighted by atomic mass is 9.87. The molecule has 0 atom stereocenters. The van der Waals surface area contributed by atoms with E-state index in [0.29, 0.717) is 11.4 Å². The minimum Gasteiger partial charge on any atom is -0.439 e. The lowest BCUT2D eigenvalue weighted by molar-refractivity contribution is 0.460. The first-order valence-corrected chi connectivity index (χ1v) is 6.87. The van der Waals surface area contributed by atoms with Crippen molar-refractivity contribution in [1.29, 1.82) is 5.41 Å². The molecular formula is C17H21N3O. The first-order chi connectivity index (χ1) is 9.75. The van der Waals surface area contributed by atoms with Crippen molar-refractivity contribution in [3.8, 4) is 11.6 Å². The summed E-state index contributed by atoms with van der Waals surface area (Å²) in [6.07, 6.45) is 0. The van der Waals surface area contributed by atoms with Gasteiger partial charge in [0.05, 0.1) is 0 Å². The number of ether oxygens (including phenoxy) is 1. The Morgan fingerprint density at radius 2 is 1.76 bits per heavy atom. The number of nitrogens with one attached hydrogen (secondary N) is 1. The highest BCUT2D eigenvalue weighted by Gasteiger charge is 2.13. The van der Waals surface area contributed by atoms with Gasteiger partial charge in [-0.1, -0.05) is 32.9 Å². The van der Waals surface area contributed by atoms with E-state index in [9.17, 15) is 0 Å². The van der Waals surface area contributed by atoms with Crippen LogP contribution in [0, 0.1) is 12.3 Å². The first kappa shape index (κ1) is 15.0. The second-order valence-electron chi connectivity index (χ2n) is 6.13. The summed E-state index contributed by atoms with van der Waals surface area (Å²) in [7, 11) is 0. The van der Waals surface area contributed by atoms with Gasteiger partial charge in [-0.3, -0.25) is 5.41 Å². The van der Waals surface area contributed by atoms with E-state index in [1.165, 1.54) is 5.56 Å². The molecule has 2 aromatic rings. The molecule has 0 aliphatic rings. The van der Waals surface area contributed by atoms with Gasteiger partial charge < -0.3 is 10.5 Å². The SMILES string of the molecule is Cc1cc(C(=N)N)cc(Oc2ccc(C(C)(C)C)cc2)n1. The van der Waals surface area contributed by atoms with Crippen LogP contribution in [0.25, 0.3) is 0 Å². The molecule has 1 aromatic heterocycles. The van der Waals surface area contributed by atoms with Crippen molar-refractivity contribution >= 4 is 5.84 Å². The van der Waals surface area contributed by atoms with Gasteiger partial charge in [0.2, 0.25) is 5.88 Å². The van der Waals surface area contributed by atoms with Gasteiger partial charge in [0.1, 0.15) is 11.6 Å². The molecule has 4 heteroatoms. The van der Waals surface area contributed by atoms with Gasteiger partial charge in [0.25, 0.3) is 0 Å². The van der Waals surface area contributed by atoms with Gasteiger partial charge in [-0.25, -0.2) is 4.98 Å². The highest BCUT2D eigenvalue weighted by molar-refractivity contribution is 5.95. The zero-order chi connectivity index (χ0) is 15.6. The molecule has 1 aromatic carbocycles. The summed E-state index contributed by atoms with van der Waals surface area (Å²) >= 11 is 0. The van der Waals surface area contributed by atoms with Crippen LogP contribution in [0.4, 0.5) is 0 Å². The standard InChI is InChI=1S/C17H21N3O/c1-11-9-12(16(18)19)10-15(20-11)21-14-7-5-13(6-8-14)17(2,3)4/h5-10H,1-4H3,(H3,18,19). The zero-order valence-corrected chi connectivity index (χ0v) is 12.9. The number of amidine groups is 1. The predicted molar refractivity (Wildman–Crippen MR) is 85.2 cm³/mol. The molecular weight excluding hydrogens is 262 g/mol. The molecule has 2 rings (SSSR count). The van der Waals surface area contributed by atoms with Crippen LogP contribution in [0.2, 0.25) is 0 Å². The summed E-state index contributed by atoms with van der Waals surface area (Å²) in [6, 6.07) is 11.4. The average Bonchev–Trinajstić information content (AvgIpc) is 2.37. The molecule has 21 heavy (non-hydrogen) atoms. The normalized spacial score (nSPS) is 11.2. The van der Waals surface area contributed by atoms with Gasteiger partial charge in [-0.2, -0.15) is 0 Å². The number of nitrogens with two attached hydrogens (primary N) is 1. The zero-order valence-electron chi connectivity index (χ0n) is 12.9. The quantitative estimate of drug-likeness (QED) is 0.665. The number of hydrogen-bond acceptors (Lipinski definition) is 3. The van der Waals surface area contributed by atoms with Crippen LogP contribution in [-0.4, -0.2) is 10.8 Å². The summed E-state index contributed by atoms with van der Waals surface area (Å²) in [4.78, 5) is 4.31. The Labute approximate surface area is 125 Å². The van der Waals surface area contributed by atoms with Gasteiger partial charge in [0, 0.05) is 17.3 Å². The highest BCUT2D eigenvalue weighted by atomic mass is 16.5. The van der Waals surface area contributed by atoms with E-state index in [2.05, 4.69) is 37.9 Å². The van der Waals surface area contributed by atoms with E-state index in [4.69, 9.17) is 15.9 Å². The number of hydrogen-bond donors (Lipinski definition) is 2. The first-order valence-electron chi connectivity index (χ1n) is 6.87. The summed E-state index contributed by atoms with van der Waals surface area (Å²) < 4.78 is 5.75. The van der Waals surface area contributed by atoms with Crippen LogP contribution in [0.5, 0.6) is 11.6 Å². The van der Waals surface area contributed by atoms with Crippen LogP contribution < -0.4 is 10.5 Å². The maximum Gasteiger partial charge on any atom is 0.220 e. The smallest absolute Gasteiger partial charge is 0.220 e. The number of nitrogens with zero attached hydrogens (tertiary/aromatic N) is 1. The maximum atomic E-state index is 7.50. The third-order valence-corrected chi connectivity index (χ3v) is 3.18. The van der Waals surface area contributed by atoms with Gasteiger partial charge in [-0.05, 0) is 36.1 Å². The molecule has 110 valence electrons. The van der Waals surface area contributed by atoms with E-state index in [-0.39, 0.29) is 11.3 Å². The Morgan fingerprint density at radius 1 is 1.14 bits per heavy atom. The average molecular weight is 283 g/mol. The lowest BCUT2D eigenvalue weighted by Gasteiger charge is -2.19. The van der Waals surface area contributed by atoms with E-state index in [1.807, 2.05) is 19.1 Å². The monoisotopic (exact) mass is 283 g/mol. The minimum atomic E-state index is 0.00781. The van der Waals surface area contributed by atoms with Crippen LogP contribution >= 0.6 is 0 Å². The van der Waals surface area contributed by atoms with Crippen LogP contribution in [0.1, 0.15) is 37.6 Å². The summed E-state index contributed by atoms with van der Waals surface area (Å²) in [5.41, 5.74) is 8.25. The second kappa shape index (κ2) is 5.56. The fourth-order valence-corrected chi connectivity index (χ4v) is 1.99. The molecule has 0 saturated carbocycles. The molecule has 0 fully saturated rings. The number of pyridine rings is 1. The largest absolute Gasteiger partial charge is 0.439 e. The molecule has 0 spiro atoms. The second-order valence-corrected chi connectivity index (χ2v) is 6.13. The fraction of sp³-hybridized carbons (Fsp3) is 0.294. The Kier molecular flexibility index (Phi) is 3.98. The van der Waals surface area contributed by atoms with E-state index in [0.717, 1.165) is 11.4 Å². The maximum absolute atomic E-state index is 7.50. The van der Waals surface area contributed by atoms with E-state index < -0.39 is 0 Å². The summed E-state index contributed by atoms with van der Waals surface area (Å²) in [5, 5.41) is 7.50. The van der Waals surface area contributed by atoms with E-state index in [1.54, 1.807) is 12.1 Å². The number of rotatable bonds is 3. The molecule has 1 heterocycles. The van der Waals surface area contributed by atoms with Gasteiger partial charge in [-0.15, -0.1) is 0 Å². The fourth-order valence-electron chi connectivity index (χ4n) is 1.99. The van der Waals surface area contributed by atoms with Crippen molar-refractivity contribution in [2.75, 3.05) is 0 Å². The molecule has 0 unspecified atom stereocenters. The van der Waals surface area contributed by atoms with Crippen molar-refractivity contribution in [2.45, 2.75) is 33.1 Å². The molecule has 0 amide bonds. The Morgan fingerprint density at radius 3 is 2.29 bits per heavy atom. The summed E-state index contributed by atoms with van der Waals surface area (Å²) in [5.74, 6) is 1.17. The molecule has 0 radical (unpaired) electrons. The van der Waals surface area contributed by atoms with Crippen molar-refractivity contribution in [1.82, 2.24) is 4.98 Å². The lowest BCUT2D eigenvalue weighted by Crippen LogP contribution is -2.12. The Bertz CT molecular complexity index is 655. The van der Waals surface area contributed by atoms with Crippen LogP contribution in [-0.2, 0) is 5.41 Å². The van der Waals surface area contributed by atoms with Gasteiger partial charge >= 0.3 is 0 Å². The number of nitrogen functional groups attached to an aromatic ring is 1. The van der Waals surface area contributed by atoms with Crippen molar-refractivity contribution < 1.29 is 4.74 Å². The minimum absolute atomic E-state index is 0.00781. The topological polar surface area (TPSA) is 72.0 Å². The third kappa shape index (κ3) is 3.81. The molecule has 0 saturated heterocycles. The van der Waals surface area contributed by atoms with Crippen molar-refractivity contribution in [3.05, 3.63) is 53.2 Å². The van der Waals surface area contributed by atoms with E-state index >= 15 is 0 Å². The molecule has 0 aliphatic carbocycles. The van der Waals surface area contributed by atoms with Crippen molar-refractivity contribution in [2.24, 2.45) is 5.73 Å². The Balaban J connectivity index is 2.24.